The maximum absolute atomic E-state index is 11.3. The van der Waals surface area contributed by atoms with E-state index in [1.165, 1.54) is 6.07 Å². The maximum atomic E-state index is 11.3. The summed E-state index contributed by atoms with van der Waals surface area (Å²) < 4.78 is 0. The van der Waals surface area contributed by atoms with Crippen molar-refractivity contribution < 1.29 is 5.11 Å². The van der Waals surface area contributed by atoms with Gasteiger partial charge in [-0.2, -0.15) is 0 Å². The van der Waals surface area contributed by atoms with Gasteiger partial charge in [-0.15, -0.1) is 0 Å². The van der Waals surface area contributed by atoms with E-state index in [4.69, 9.17) is 5.11 Å². The molecule has 0 saturated heterocycles. The first-order valence-corrected chi connectivity index (χ1v) is 5.68. The molecule has 0 radical (unpaired) electrons. The van der Waals surface area contributed by atoms with Gasteiger partial charge in [0.15, 0.2) is 0 Å². The van der Waals surface area contributed by atoms with Crippen molar-refractivity contribution in [2.45, 2.75) is 20.1 Å². The number of aliphatic hydroxyl groups is 1. The van der Waals surface area contributed by atoms with Crippen LogP contribution in [0, 0.1) is 6.92 Å². The Balaban J connectivity index is 2.08. The number of aromatic amines is 1. The predicted molar refractivity (Wildman–Crippen MR) is 69.3 cm³/mol. The number of nitrogens with one attached hydrogen (secondary N) is 2. The van der Waals surface area contributed by atoms with E-state index in [0.29, 0.717) is 18.2 Å². The Labute approximate surface area is 105 Å². The minimum absolute atomic E-state index is 0.0240. The summed E-state index contributed by atoms with van der Waals surface area (Å²) in [6.07, 6.45) is 0. The summed E-state index contributed by atoms with van der Waals surface area (Å²) in [4.78, 5) is 18.0. The van der Waals surface area contributed by atoms with Gasteiger partial charge in [0, 0.05) is 12.6 Å². The molecule has 0 saturated carbocycles. The van der Waals surface area contributed by atoms with Crippen LogP contribution in [0.15, 0.2) is 35.1 Å². The van der Waals surface area contributed by atoms with Gasteiger partial charge in [-0.05, 0) is 18.1 Å². The first-order valence-electron chi connectivity index (χ1n) is 5.68. The molecule has 0 bridgehead atoms. The molecule has 0 aliphatic carbocycles. The Morgan fingerprint density at radius 2 is 2.11 bits per heavy atom. The SMILES string of the molecule is Cc1nc(NCc2cccc(CO)c2)cc(=O)[nH]1. The van der Waals surface area contributed by atoms with Crippen molar-refractivity contribution in [3.05, 3.63) is 57.6 Å². The summed E-state index contributed by atoms with van der Waals surface area (Å²) in [6, 6.07) is 9.03. The lowest BCUT2D eigenvalue weighted by atomic mass is 10.1. The highest BCUT2D eigenvalue weighted by molar-refractivity contribution is 5.35. The molecule has 0 aliphatic heterocycles. The zero-order chi connectivity index (χ0) is 13.0. The van der Waals surface area contributed by atoms with Crippen LogP contribution in [0.3, 0.4) is 0 Å². The molecule has 1 heterocycles. The molecule has 1 aromatic heterocycles. The highest BCUT2D eigenvalue weighted by Gasteiger charge is 1.99. The summed E-state index contributed by atoms with van der Waals surface area (Å²) in [6.45, 7) is 2.32. The summed E-state index contributed by atoms with van der Waals surface area (Å²) in [5, 5.41) is 12.1. The molecule has 0 spiro atoms. The summed E-state index contributed by atoms with van der Waals surface area (Å²) in [7, 11) is 0. The number of nitrogens with zero attached hydrogens (tertiary/aromatic N) is 1. The Hall–Kier alpha value is -2.14. The molecule has 0 amide bonds. The van der Waals surface area contributed by atoms with Crippen LogP contribution in [-0.2, 0) is 13.2 Å². The Morgan fingerprint density at radius 1 is 1.33 bits per heavy atom. The van der Waals surface area contributed by atoms with Crippen LogP contribution >= 0.6 is 0 Å². The van der Waals surface area contributed by atoms with Gasteiger partial charge in [0.2, 0.25) is 0 Å². The van der Waals surface area contributed by atoms with Gasteiger partial charge in [-0.25, -0.2) is 4.98 Å². The van der Waals surface area contributed by atoms with Crippen LogP contribution in [0.25, 0.3) is 0 Å². The number of benzene rings is 1. The Bertz CT molecular complexity index is 593. The zero-order valence-electron chi connectivity index (χ0n) is 10.1. The quantitative estimate of drug-likeness (QED) is 0.756. The summed E-state index contributed by atoms with van der Waals surface area (Å²) in [5.41, 5.74) is 1.72. The van der Waals surface area contributed by atoms with E-state index in [1.807, 2.05) is 24.3 Å². The molecule has 5 nitrogen and oxygen atoms in total. The van der Waals surface area contributed by atoms with Gasteiger partial charge < -0.3 is 15.4 Å². The topological polar surface area (TPSA) is 78.0 Å². The van der Waals surface area contributed by atoms with Crippen molar-refractivity contribution in [3.8, 4) is 0 Å². The average Bonchev–Trinajstić information content (AvgIpc) is 2.35. The summed E-state index contributed by atoms with van der Waals surface area (Å²) in [5.74, 6) is 1.12. The number of hydrogen-bond acceptors (Lipinski definition) is 4. The van der Waals surface area contributed by atoms with Gasteiger partial charge in [-0.3, -0.25) is 4.79 Å². The normalized spacial score (nSPS) is 10.3. The third kappa shape index (κ3) is 3.18. The van der Waals surface area contributed by atoms with Gasteiger partial charge in [0.1, 0.15) is 11.6 Å². The predicted octanol–water partition coefficient (Wildman–Crippen LogP) is 1.18. The van der Waals surface area contributed by atoms with Crippen LogP contribution in [0.5, 0.6) is 0 Å². The van der Waals surface area contributed by atoms with Crippen molar-refractivity contribution in [1.29, 1.82) is 0 Å². The first kappa shape index (κ1) is 12.3. The van der Waals surface area contributed by atoms with E-state index < -0.39 is 0 Å². The number of hydrogen-bond donors (Lipinski definition) is 3. The van der Waals surface area contributed by atoms with E-state index in [0.717, 1.165) is 11.1 Å². The molecule has 5 heteroatoms. The first-order chi connectivity index (χ1) is 8.67. The smallest absolute Gasteiger partial charge is 0.252 e. The van der Waals surface area contributed by atoms with Gasteiger partial charge in [0.25, 0.3) is 5.56 Å². The zero-order valence-corrected chi connectivity index (χ0v) is 10.1. The monoisotopic (exact) mass is 245 g/mol. The van der Waals surface area contributed by atoms with E-state index in [1.54, 1.807) is 6.92 Å². The number of aryl methyl sites for hydroxylation is 1. The third-order valence-corrected chi connectivity index (χ3v) is 2.51. The fraction of sp³-hybridized carbons (Fsp3) is 0.231. The molecule has 2 rings (SSSR count). The van der Waals surface area contributed by atoms with Crippen LogP contribution in [-0.4, -0.2) is 15.1 Å². The van der Waals surface area contributed by atoms with E-state index in [9.17, 15) is 4.79 Å². The molecule has 3 N–H and O–H groups in total. The van der Waals surface area contributed by atoms with E-state index in [2.05, 4.69) is 15.3 Å². The Morgan fingerprint density at radius 3 is 2.83 bits per heavy atom. The molecule has 94 valence electrons. The van der Waals surface area contributed by atoms with Crippen molar-refractivity contribution in [2.24, 2.45) is 0 Å². The molecule has 0 unspecified atom stereocenters. The van der Waals surface area contributed by atoms with Crippen molar-refractivity contribution >= 4 is 5.82 Å². The van der Waals surface area contributed by atoms with Crippen molar-refractivity contribution in [3.63, 3.8) is 0 Å². The molecule has 0 aliphatic rings. The van der Waals surface area contributed by atoms with Gasteiger partial charge in [-0.1, -0.05) is 24.3 Å². The van der Waals surface area contributed by atoms with Crippen LogP contribution in [0.4, 0.5) is 5.82 Å². The molecule has 18 heavy (non-hydrogen) atoms. The van der Waals surface area contributed by atoms with Crippen molar-refractivity contribution in [1.82, 2.24) is 9.97 Å². The lowest BCUT2D eigenvalue weighted by Gasteiger charge is -2.07. The highest BCUT2D eigenvalue weighted by Crippen LogP contribution is 2.07. The molecule has 1 aromatic carbocycles. The second-order valence-electron chi connectivity index (χ2n) is 4.05. The minimum atomic E-state index is -0.172. The van der Waals surface area contributed by atoms with Crippen molar-refractivity contribution in [2.75, 3.05) is 5.32 Å². The van der Waals surface area contributed by atoms with Crippen LogP contribution in [0.2, 0.25) is 0 Å². The highest BCUT2D eigenvalue weighted by atomic mass is 16.3. The second kappa shape index (κ2) is 5.46. The standard InChI is InChI=1S/C13H15N3O2/c1-9-15-12(6-13(18)16-9)14-7-10-3-2-4-11(5-10)8-17/h2-6,17H,7-8H2,1H3,(H2,14,15,16,18). The number of aromatic nitrogens is 2. The molecule has 0 atom stereocenters. The number of H-pyrrole nitrogens is 1. The fourth-order valence-corrected chi connectivity index (χ4v) is 1.70. The van der Waals surface area contributed by atoms with Gasteiger partial charge >= 0.3 is 0 Å². The molecular formula is C13H15N3O2. The maximum Gasteiger partial charge on any atom is 0.252 e. The lowest BCUT2D eigenvalue weighted by molar-refractivity contribution is 0.281. The number of rotatable bonds is 4. The summed E-state index contributed by atoms with van der Waals surface area (Å²) >= 11 is 0. The average molecular weight is 245 g/mol. The van der Waals surface area contributed by atoms with Gasteiger partial charge in [0.05, 0.1) is 6.61 Å². The number of anilines is 1. The minimum Gasteiger partial charge on any atom is -0.392 e. The van der Waals surface area contributed by atoms with Crippen LogP contribution < -0.4 is 10.9 Å². The van der Waals surface area contributed by atoms with E-state index >= 15 is 0 Å². The van der Waals surface area contributed by atoms with Crippen LogP contribution in [0.1, 0.15) is 17.0 Å². The van der Waals surface area contributed by atoms with E-state index in [-0.39, 0.29) is 12.2 Å². The largest absolute Gasteiger partial charge is 0.392 e. The third-order valence-electron chi connectivity index (χ3n) is 2.51. The fourth-order valence-electron chi connectivity index (χ4n) is 1.70. The molecular weight excluding hydrogens is 230 g/mol. The lowest BCUT2D eigenvalue weighted by Crippen LogP contribution is -2.11. The number of aliphatic hydroxyl groups excluding tert-OH is 1. The second-order valence-corrected chi connectivity index (χ2v) is 4.05. The molecule has 0 fully saturated rings. The Kier molecular flexibility index (Phi) is 3.74. The molecule has 2 aromatic rings.